The fourth-order valence-corrected chi connectivity index (χ4v) is 4.18. The molecule has 0 unspecified atom stereocenters. The van der Waals surface area contributed by atoms with Crippen molar-refractivity contribution >= 4 is 63.0 Å². The molecule has 0 bridgehead atoms. The summed E-state index contributed by atoms with van der Waals surface area (Å²) in [5.41, 5.74) is 4.47. The number of halogens is 1. The Labute approximate surface area is 205 Å². The van der Waals surface area contributed by atoms with Crippen LogP contribution in [-0.2, 0) is 0 Å². The van der Waals surface area contributed by atoms with Gasteiger partial charge < -0.3 is 10.2 Å². The Hall–Kier alpha value is -2.93. The number of fused-ring (bicyclic) bond motifs is 1. The van der Waals surface area contributed by atoms with Crippen LogP contribution >= 0.6 is 22.6 Å². The molecular weight excluding hydrogens is 535 g/mol. The van der Waals surface area contributed by atoms with E-state index in [1.807, 2.05) is 43.1 Å². The number of rotatable bonds is 6. The zero-order valence-electron chi connectivity index (χ0n) is 18.6. The molecule has 0 spiro atoms. The topological polar surface area (TPSA) is 107 Å². The van der Waals surface area contributed by atoms with Crippen LogP contribution in [0.3, 0.4) is 0 Å². The van der Waals surface area contributed by atoms with E-state index in [9.17, 15) is 9.59 Å². The minimum absolute atomic E-state index is 0.0380. The Balaban J connectivity index is 1.49. The maximum absolute atomic E-state index is 12.7. The fourth-order valence-electron chi connectivity index (χ4n) is 3.79. The summed E-state index contributed by atoms with van der Waals surface area (Å²) in [7, 11) is 0. The summed E-state index contributed by atoms with van der Waals surface area (Å²) in [5, 5.41) is 8.80. The second kappa shape index (κ2) is 10.3. The van der Waals surface area contributed by atoms with Gasteiger partial charge in [0, 0.05) is 49.6 Å². The first kappa shape index (κ1) is 23.2. The minimum atomic E-state index is -0.357. The van der Waals surface area contributed by atoms with Crippen LogP contribution in [0.1, 0.15) is 26.7 Å². The van der Waals surface area contributed by atoms with Crippen LogP contribution in [0.5, 0.6) is 0 Å². The summed E-state index contributed by atoms with van der Waals surface area (Å²) in [6.45, 7) is 6.95. The Morgan fingerprint density at radius 1 is 1.15 bits per heavy atom. The van der Waals surface area contributed by atoms with Crippen LogP contribution in [0.25, 0.3) is 10.9 Å². The van der Waals surface area contributed by atoms with Crippen LogP contribution < -0.4 is 16.1 Å². The van der Waals surface area contributed by atoms with Crippen LogP contribution in [0, 0.1) is 3.57 Å². The minimum Gasteiger partial charge on any atom is -0.339 e. The van der Waals surface area contributed by atoms with Gasteiger partial charge in [0.2, 0.25) is 5.95 Å². The van der Waals surface area contributed by atoms with Gasteiger partial charge in [0.25, 0.3) is 0 Å². The SMILES string of the molecule is CCN(CC)C(=O)n1ccc2cc(Nc3nc(NC(=O)NN4CCCC4)ncc3I)ccc21. The van der Waals surface area contributed by atoms with E-state index in [1.54, 1.807) is 21.9 Å². The molecule has 11 heteroatoms. The van der Waals surface area contributed by atoms with Gasteiger partial charge in [-0.05, 0) is 73.5 Å². The number of hydrogen-bond donors (Lipinski definition) is 3. The molecule has 33 heavy (non-hydrogen) atoms. The molecule has 4 rings (SSSR count). The molecule has 1 aliphatic rings. The Bertz CT molecular complexity index is 1150. The normalized spacial score (nSPS) is 13.8. The molecule has 3 heterocycles. The fraction of sp³-hybridized carbons (Fsp3) is 0.364. The lowest BCUT2D eigenvalue weighted by Crippen LogP contribution is -2.42. The van der Waals surface area contributed by atoms with E-state index in [1.165, 1.54) is 0 Å². The summed E-state index contributed by atoms with van der Waals surface area (Å²) < 4.78 is 2.48. The number of carbonyl (C=O) groups is 2. The number of nitrogens with one attached hydrogen (secondary N) is 3. The van der Waals surface area contributed by atoms with E-state index in [0.717, 1.165) is 46.1 Å². The molecule has 1 fully saturated rings. The van der Waals surface area contributed by atoms with Crippen molar-refractivity contribution < 1.29 is 9.59 Å². The smallest absolute Gasteiger partial charge is 0.336 e. The zero-order valence-corrected chi connectivity index (χ0v) is 20.8. The molecular formula is C22H27IN8O2. The lowest BCUT2D eigenvalue weighted by atomic mass is 10.2. The molecule has 1 aliphatic heterocycles. The maximum atomic E-state index is 12.7. The Morgan fingerprint density at radius 2 is 1.91 bits per heavy atom. The first-order chi connectivity index (χ1) is 16.0. The quantitative estimate of drug-likeness (QED) is 0.389. The van der Waals surface area contributed by atoms with Crippen LogP contribution in [-0.4, -0.2) is 62.7 Å². The molecule has 2 aromatic heterocycles. The number of carbonyl (C=O) groups excluding carboxylic acids is 2. The summed E-state index contributed by atoms with van der Waals surface area (Å²) in [4.78, 5) is 35.4. The molecule has 0 saturated carbocycles. The molecule has 10 nitrogen and oxygen atoms in total. The standard InChI is InChI=1S/C22H27IN8O2/c1-3-29(4-2)22(33)31-12-9-15-13-16(7-8-18(15)31)25-19-17(23)14-24-20(26-19)27-21(32)28-30-10-5-6-11-30/h7-9,12-14H,3-6,10-11H2,1-2H3,(H3,24,25,26,27,28,32). The van der Waals surface area contributed by atoms with Crippen molar-refractivity contribution in [1.82, 2.24) is 29.9 Å². The first-order valence-corrected chi connectivity index (χ1v) is 12.1. The highest BCUT2D eigenvalue weighted by Crippen LogP contribution is 2.25. The monoisotopic (exact) mass is 562 g/mol. The van der Waals surface area contributed by atoms with Crippen molar-refractivity contribution in [3.05, 3.63) is 40.2 Å². The molecule has 0 atom stereocenters. The van der Waals surface area contributed by atoms with Crippen molar-refractivity contribution in [2.24, 2.45) is 0 Å². The van der Waals surface area contributed by atoms with E-state index in [2.05, 4.69) is 48.6 Å². The predicted octanol–water partition coefficient (Wildman–Crippen LogP) is 4.22. The van der Waals surface area contributed by atoms with E-state index < -0.39 is 0 Å². The highest BCUT2D eigenvalue weighted by atomic mass is 127. The second-order valence-corrected chi connectivity index (χ2v) is 8.85. The third-order valence-corrected chi connectivity index (χ3v) is 6.32. The van der Waals surface area contributed by atoms with E-state index in [-0.39, 0.29) is 18.0 Å². The van der Waals surface area contributed by atoms with Crippen molar-refractivity contribution in [3.63, 3.8) is 0 Å². The lowest BCUT2D eigenvalue weighted by Gasteiger charge is -2.19. The Morgan fingerprint density at radius 3 is 2.64 bits per heavy atom. The molecule has 0 aliphatic carbocycles. The molecule has 0 radical (unpaired) electrons. The number of benzene rings is 1. The maximum Gasteiger partial charge on any atom is 0.336 e. The number of anilines is 3. The van der Waals surface area contributed by atoms with Gasteiger partial charge in [-0.3, -0.25) is 15.3 Å². The highest BCUT2D eigenvalue weighted by molar-refractivity contribution is 14.1. The molecule has 174 valence electrons. The number of nitrogens with zero attached hydrogens (tertiary/aromatic N) is 5. The summed E-state index contributed by atoms with van der Waals surface area (Å²) >= 11 is 2.15. The number of hydrogen-bond acceptors (Lipinski definition) is 6. The molecule has 3 amide bonds. The van der Waals surface area contributed by atoms with E-state index in [0.29, 0.717) is 18.9 Å². The number of hydrazine groups is 1. The zero-order chi connectivity index (χ0) is 23.4. The van der Waals surface area contributed by atoms with Crippen LogP contribution in [0.2, 0.25) is 0 Å². The van der Waals surface area contributed by atoms with Gasteiger partial charge in [-0.1, -0.05) is 0 Å². The molecule has 3 N–H and O–H groups in total. The van der Waals surface area contributed by atoms with Gasteiger partial charge in [-0.25, -0.2) is 19.6 Å². The van der Waals surface area contributed by atoms with Crippen molar-refractivity contribution in [2.75, 3.05) is 36.8 Å². The van der Waals surface area contributed by atoms with E-state index in [4.69, 9.17) is 0 Å². The van der Waals surface area contributed by atoms with Crippen LogP contribution in [0.4, 0.5) is 27.0 Å². The molecule has 1 aromatic carbocycles. The van der Waals surface area contributed by atoms with Gasteiger partial charge in [0.05, 0.1) is 9.09 Å². The second-order valence-electron chi connectivity index (χ2n) is 7.69. The van der Waals surface area contributed by atoms with Gasteiger partial charge >= 0.3 is 12.1 Å². The van der Waals surface area contributed by atoms with Gasteiger partial charge in [-0.15, -0.1) is 0 Å². The largest absolute Gasteiger partial charge is 0.339 e. The average Bonchev–Trinajstić information content (AvgIpc) is 3.46. The first-order valence-electron chi connectivity index (χ1n) is 11.0. The van der Waals surface area contributed by atoms with Crippen LogP contribution in [0.15, 0.2) is 36.7 Å². The van der Waals surface area contributed by atoms with E-state index >= 15 is 0 Å². The van der Waals surface area contributed by atoms with Crippen molar-refractivity contribution in [1.29, 1.82) is 0 Å². The number of amides is 3. The average molecular weight is 562 g/mol. The van der Waals surface area contributed by atoms with Gasteiger partial charge in [-0.2, -0.15) is 4.98 Å². The van der Waals surface area contributed by atoms with Crippen molar-refractivity contribution in [3.8, 4) is 0 Å². The third kappa shape index (κ3) is 5.36. The van der Waals surface area contributed by atoms with Gasteiger partial charge in [0.15, 0.2) is 0 Å². The number of urea groups is 1. The lowest BCUT2D eigenvalue weighted by molar-refractivity contribution is 0.206. The molecule has 1 saturated heterocycles. The summed E-state index contributed by atoms with van der Waals surface area (Å²) in [6, 6.07) is 7.30. The summed E-state index contributed by atoms with van der Waals surface area (Å²) in [5.74, 6) is 0.798. The third-order valence-electron chi connectivity index (χ3n) is 5.53. The molecule has 3 aromatic rings. The Kier molecular flexibility index (Phi) is 7.28. The van der Waals surface area contributed by atoms with Gasteiger partial charge in [0.1, 0.15) is 5.82 Å². The summed E-state index contributed by atoms with van der Waals surface area (Å²) in [6.07, 6.45) is 5.60. The number of aromatic nitrogens is 3. The highest BCUT2D eigenvalue weighted by Gasteiger charge is 2.16. The van der Waals surface area contributed by atoms with Crippen molar-refractivity contribution in [2.45, 2.75) is 26.7 Å². The predicted molar refractivity (Wildman–Crippen MR) is 137 cm³/mol.